The van der Waals surface area contributed by atoms with Gasteiger partial charge in [0, 0.05) is 30.1 Å². The number of oxime groups is 1. The number of benzene rings is 1. The summed E-state index contributed by atoms with van der Waals surface area (Å²) in [5, 5.41) is 11.8. The standard InChI is InChI=1S/C15H18N4O2/c1-10-7-11(15(16)18-20)8-14(17-10)19(2)12-5-4-6-13(9-12)21-3/h4-9,20H,1-3H3,(H2,16,18). The van der Waals surface area contributed by atoms with Crippen molar-refractivity contribution >= 4 is 17.3 Å². The normalized spacial score (nSPS) is 11.3. The van der Waals surface area contributed by atoms with E-state index in [-0.39, 0.29) is 5.84 Å². The third-order valence-corrected chi connectivity index (χ3v) is 3.13. The van der Waals surface area contributed by atoms with Crippen LogP contribution in [-0.4, -0.2) is 30.2 Å². The predicted octanol–water partition coefficient (Wildman–Crippen LogP) is 2.26. The number of methoxy groups -OCH3 is 1. The average molecular weight is 286 g/mol. The van der Waals surface area contributed by atoms with Gasteiger partial charge in [-0.15, -0.1) is 0 Å². The van der Waals surface area contributed by atoms with E-state index in [0.717, 1.165) is 17.1 Å². The predicted molar refractivity (Wildman–Crippen MR) is 82.5 cm³/mol. The summed E-state index contributed by atoms with van der Waals surface area (Å²) in [6, 6.07) is 11.2. The lowest BCUT2D eigenvalue weighted by Gasteiger charge is -2.20. The van der Waals surface area contributed by atoms with E-state index in [9.17, 15) is 0 Å². The molecule has 0 aliphatic carbocycles. The van der Waals surface area contributed by atoms with Gasteiger partial charge in [0.2, 0.25) is 0 Å². The number of amidine groups is 1. The molecule has 0 aliphatic rings. The number of ether oxygens (including phenoxy) is 1. The van der Waals surface area contributed by atoms with Gasteiger partial charge in [-0.1, -0.05) is 11.2 Å². The molecule has 0 aliphatic heterocycles. The quantitative estimate of drug-likeness (QED) is 0.390. The molecule has 3 N–H and O–H groups in total. The maximum Gasteiger partial charge on any atom is 0.170 e. The molecule has 0 atom stereocenters. The molecule has 1 aromatic heterocycles. The minimum Gasteiger partial charge on any atom is -0.497 e. The maximum absolute atomic E-state index is 8.81. The van der Waals surface area contributed by atoms with E-state index in [1.54, 1.807) is 19.2 Å². The van der Waals surface area contributed by atoms with Crippen molar-refractivity contribution in [2.45, 2.75) is 6.92 Å². The Morgan fingerprint density at radius 3 is 2.76 bits per heavy atom. The molecule has 0 unspecified atom stereocenters. The smallest absolute Gasteiger partial charge is 0.170 e. The number of hydrogen-bond donors (Lipinski definition) is 2. The second kappa shape index (κ2) is 6.13. The fraction of sp³-hybridized carbons (Fsp3) is 0.200. The molecule has 0 fully saturated rings. The summed E-state index contributed by atoms with van der Waals surface area (Å²) in [6.07, 6.45) is 0. The average Bonchev–Trinajstić information content (AvgIpc) is 2.52. The number of hydrogen-bond acceptors (Lipinski definition) is 5. The Labute approximate surface area is 123 Å². The molecule has 1 heterocycles. The summed E-state index contributed by atoms with van der Waals surface area (Å²) in [6.45, 7) is 1.86. The van der Waals surface area contributed by atoms with Crippen LogP contribution < -0.4 is 15.4 Å². The third-order valence-electron chi connectivity index (χ3n) is 3.13. The van der Waals surface area contributed by atoms with Crippen molar-refractivity contribution in [1.29, 1.82) is 0 Å². The van der Waals surface area contributed by atoms with E-state index >= 15 is 0 Å². The first-order valence-electron chi connectivity index (χ1n) is 6.39. The minimum absolute atomic E-state index is 0.0563. The first-order valence-corrected chi connectivity index (χ1v) is 6.39. The van der Waals surface area contributed by atoms with Gasteiger partial charge in [-0.25, -0.2) is 4.98 Å². The molecule has 1 aromatic carbocycles. The minimum atomic E-state index is 0.0563. The maximum atomic E-state index is 8.81. The molecular weight excluding hydrogens is 268 g/mol. The number of pyridine rings is 1. The molecular formula is C15H18N4O2. The molecule has 110 valence electrons. The van der Waals surface area contributed by atoms with E-state index in [1.807, 2.05) is 43.1 Å². The van der Waals surface area contributed by atoms with E-state index in [2.05, 4.69) is 10.1 Å². The zero-order chi connectivity index (χ0) is 15.4. The number of anilines is 2. The number of rotatable bonds is 4. The van der Waals surface area contributed by atoms with Gasteiger partial charge in [0.05, 0.1) is 7.11 Å². The summed E-state index contributed by atoms with van der Waals surface area (Å²) < 4.78 is 5.22. The Balaban J connectivity index is 2.42. The molecule has 0 radical (unpaired) electrons. The van der Waals surface area contributed by atoms with Crippen LogP contribution >= 0.6 is 0 Å². The Morgan fingerprint density at radius 1 is 1.33 bits per heavy atom. The lowest BCUT2D eigenvalue weighted by molar-refractivity contribution is 0.318. The highest BCUT2D eigenvalue weighted by atomic mass is 16.5. The highest BCUT2D eigenvalue weighted by molar-refractivity contribution is 5.97. The van der Waals surface area contributed by atoms with Crippen molar-refractivity contribution in [3.8, 4) is 5.75 Å². The highest BCUT2D eigenvalue weighted by Crippen LogP contribution is 2.26. The number of aryl methyl sites for hydroxylation is 1. The van der Waals surface area contributed by atoms with Gasteiger partial charge in [-0.3, -0.25) is 0 Å². The van der Waals surface area contributed by atoms with Gasteiger partial charge in [-0.2, -0.15) is 0 Å². The summed E-state index contributed by atoms with van der Waals surface area (Å²) in [5.41, 5.74) is 7.98. The van der Waals surface area contributed by atoms with Crippen LogP contribution in [0.4, 0.5) is 11.5 Å². The van der Waals surface area contributed by atoms with Crippen LogP contribution in [0.25, 0.3) is 0 Å². The van der Waals surface area contributed by atoms with Crippen LogP contribution in [0.1, 0.15) is 11.3 Å². The molecule has 0 amide bonds. The highest BCUT2D eigenvalue weighted by Gasteiger charge is 2.10. The summed E-state index contributed by atoms with van der Waals surface area (Å²) in [5.74, 6) is 1.52. The molecule has 0 spiro atoms. The number of nitrogens with two attached hydrogens (primary N) is 1. The third kappa shape index (κ3) is 3.22. The van der Waals surface area contributed by atoms with Gasteiger partial charge in [0.1, 0.15) is 11.6 Å². The number of aromatic nitrogens is 1. The van der Waals surface area contributed by atoms with Crippen molar-refractivity contribution in [1.82, 2.24) is 4.98 Å². The van der Waals surface area contributed by atoms with Crippen LogP contribution in [0.5, 0.6) is 5.75 Å². The fourth-order valence-corrected chi connectivity index (χ4v) is 1.98. The lowest BCUT2D eigenvalue weighted by atomic mass is 10.2. The van der Waals surface area contributed by atoms with Crippen LogP contribution in [0.3, 0.4) is 0 Å². The zero-order valence-corrected chi connectivity index (χ0v) is 12.2. The monoisotopic (exact) mass is 286 g/mol. The SMILES string of the molecule is COc1cccc(N(C)c2cc(/C(N)=N/O)cc(C)n2)c1. The Bertz CT molecular complexity index is 670. The first kappa shape index (κ1) is 14.6. The Hall–Kier alpha value is -2.76. The van der Waals surface area contributed by atoms with E-state index < -0.39 is 0 Å². The van der Waals surface area contributed by atoms with Gasteiger partial charge >= 0.3 is 0 Å². The molecule has 2 aromatic rings. The van der Waals surface area contributed by atoms with Gasteiger partial charge < -0.3 is 20.6 Å². The van der Waals surface area contributed by atoms with Crippen LogP contribution in [-0.2, 0) is 0 Å². The molecule has 0 saturated carbocycles. The van der Waals surface area contributed by atoms with Crippen molar-refractivity contribution in [2.24, 2.45) is 10.9 Å². The van der Waals surface area contributed by atoms with Crippen molar-refractivity contribution in [3.63, 3.8) is 0 Å². The topological polar surface area (TPSA) is 84.0 Å². The van der Waals surface area contributed by atoms with Crippen LogP contribution in [0.2, 0.25) is 0 Å². The molecule has 0 bridgehead atoms. The van der Waals surface area contributed by atoms with Crippen LogP contribution in [0.15, 0.2) is 41.6 Å². The van der Waals surface area contributed by atoms with Crippen molar-refractivity contribution in [3.05, 3.63) is 47.7 Å². The van der Waals surface area contributed by atoms with Gasteiger partial charge in [0.15, 0.2) is 5.84 Å². The molecule has 6 heteroatoms. The second-order valence-corrected chi connectivity index (χ2v) is 4.60. The first-order chi connectivity index (χ1) is 10.0. The number of nitrogens with zero attached hydrogens (tertiary/aromatic N) is 3. The lowest BCUT2D eigenvalue weighted by Crippen LogP contribution is -2.17. The van der Waals surface area contributed by atoms with Gasteiger partial charge in [0.25, 0.3) is 0 Å². The van der Waals surface area contributed by atoms with Gasteiger partial charge in [-0.05, 0) is 31.2 Å². The van der Waals surface area contributed by atoms with E-state index in [0.29, 0.717) is 11.4 Å². The van der Waals surface area contributed by atoms with E-state index in [4.69, 9.17) is 15.7 Å². The van der Waals surface area contributed by atoms with Crippen molar-refractivity contribution in [2.75, 3.05) is 19.1 Å². The molecule has 21 heavy (non-hydrogen) atoms. The Kier molecular flexibility index (Phi) is 4.27. The summed E-state index contributed by atoms with van der Waals surface area (Å²) >= 11 is 0. The van der Waals surface area contributed by atoms with E-state index in [1.165, 1.54) is 0 Å². The fourth-order valence-electron chi connectivity index (χ4n) is 1.98. The molecule has 0 saturated heterocycles. The summed E-state index contributed by atoms with van der Waals surface area (Å²) in [4.78, 5) is 6.38. The summed E-state index contributed by atoms with van der Waals surface area (Å²) in [7, 11) is 3.52. The largest absolute Gasteiger partial charge is 0.497 e. The molecule has 6 nitrogen and oxygen atoms in total. The Morgan fingerprint density at radius 2 is 2.10 bits per heavy atom. The second-order valence-electron chi connectivity index (χ2n) is 4.60. The van der Waals surface area contributed by atoms with Crippen LogP contribution in [0, 0.1) is 6.92 Å². The zero-order valence-electron chi connectivity index (χ0n) is 12.2. The van der Waals surface area contributed by atoms with Crippen molar-refractivity contribution < 1.29 is 9.94 Å². The molecule has 2 rings (SSSR count).